The first-order valence-electron chi connectivity index (χ1n) is 12.3. The van der Waals surface area contributed by atoms with Gasteiger partial charge in [-0.1, -0.05) is 6.92 Å². The summed E-state index contributed by atoms with van der Waals surface area (Å²) in [5.41, 5.74) is 2.81. The zero-order valence-electron chi connectivity index (χ0n) is 20.4. The molecule has 1 N–H and O–H groups in total. The van der Waals surface area contributed by atoms with Gasteiger partial charge in [0.1, 0.15) is 5.82 Å². The third-order valence-corrected chi connectivity index (χ3v) is 7.50. The third-order valence-electron chi connectivity index (χ3n) is 7.50. The van der Waals surface area contributed by atoms with Crippen LogP contribution in [-0.4, -0.2) is 46.3 Å². The number of halogens is 3. The molecule has 1 aromatic heterocycles. The number of imidazole rings is 1. The molecular weight excluding hydrogens is 469 g/mol. The molecule has 3 aromatic rings. The van der Waals surface area contributed by atoms with Gasteiger partial charge in [-0.2, -0.15) is 13.2 Å². The van der Waals surface area contributed by atoms with Gasteiger partial charge >= 0.3 is 6.18 Å². The van der Waals surface area contributed by atoms with Gasteiger partial charge in [-0.3, -0.25) is 9.59 Å². The lowest BCUT2D eigenvalue weighted by Crippen LogP contribution is -2.44. The van der Waals surface area contributed by atoms with Gasteiger partial charge < -0.3 is 14.8 Å². The Morgan fingerprint density at radius 3 is 2.47 bits per heavy atom. The topological polar surface area (TPSA) is 69.3 Å². The van der Waals surface area contributed by atoms with Crippen LogP contribution >= 0.6 is 0 Å². The number of fused-ring (bicyclic) bond motifs is 1. The highest BCUT2D eigenvalue weighted by Gasteiger charge is 2.46. The zero-order chi connectivity index (χ0) is 25.7. The largest absolute Gasteiger partial charge is 0.416 e. The van der Waals surface area contributed by atoms with Crippen LogP contribution in [0.5, 0.6) is 0 Å². The minimum atomic E-state index is -4.41. The Bertz CT molecular complexity index is 1310. The van der Waals surface area contributed by atoms with Gasteiger partial charge in [-0.25, -0.2) is 4.98 Å². The van der Waals surface area contributed by atoms with E-state index < -0.39 is 11.7 Å². The van der Waals surface area contributed by atoms with Crippen molar-refractivity contribution in [3.05, 3.63) is 58.9 Å². The Hall–Kier alpha value is -3.36. The molecule has 0 atom stereocenters. The molecule has 9 heteroatoms. The maximum Gasteiger partial charge on any atom is 0.416 e. The summed E-state index contributed by atoms with van der Waals surface area (Å²) in [4.78, 5) is 37.5. The van der Waals surface area contributed by atoms with Crippen molar-refractivity contribution < 1.29 is 22.8 Å². The van der Waals surface area contributed by atoms with E-state index in [0.717, 1.165) is 47.4 Å². The van der Waals surface area contributed by atoms with Crippen molar-refractivity contribution in [2.75, 3.05) is 24.5 Å². The maximum atomic E-state index is 13.3. The number of likely N-dealkylation sites (tertiary alicyclic amines) is 1. The van der Waals surface area contributed by atoms with Crippen LogP contribution in [0.15, 0.2) is 36.4 Å². The number of carbonyl (C=O) groups excluding carboxylic acids is 2. The van der Waals surface area contributed by atoms with Crippen LogP contribution < -0.4 is 4.90 Å². The van der Waals surface area contributed by atoms with E-state index in [4.69, 9.17) is 0 Å². The summed E-state index contributed by atoms with van der Waals surface area (Å²) in [5, 5.41) is 0. The molecule has 0 bridgehead atoms. The number of amides is 2. The number of piperidine rings is 1. The average molecular weight is 499 g/mol. The van der Waals surface area contributed by atoms with E-state index >= 15 is 0 Å². The van der Waals surface area contributed by atoms with Gasteiger partial charge in [0.15, 0.2) is 0 Å². The lowest BCUT2D eigenvalue weighted by atomic mass is 9.77. The number of alkyl halides is 3. The fourth-order valence-electron chi connectivity index (χ4n) is 5.48. The first-order chi connectivity index (χ1) is 17.1. The summed E-state index contributed by atoms with van der Waals surface area (Å²) in [6.07, 6.45) is -0.879. The molecule has 0 aliphatic carbocycles. The van der Waals surface area contributed by atoms with Gasteiger partial charge in [0, 0.05) is 49.1 Å². The van der Waals surface area contributed by atoms with Gasteiger partial charge in [-0.15, -0.1) is 0 Å². The van der Waals surface area contributed by atoms with Crippen LogP contribution in [-0.2, 0) is 17.4 Å². The highest BCUT2D eigenvalue weighted by atomic mass is 19.4. The molecule has 0 saturated carbocycles. The van der Waals surface area contributed by atoms with Crippen molar-refractivity contribution >= 4 is 28.5 Å². The van der Waals surface area contributed by atoms with Gasteiger partial charge in [-0.05, 0) is 68.1 Å². The van der Waals surface area contributed by atoms with Crippen molar-refractivity contribution in [3.8, 4) is 0 Å². The second-order valence-corrected chi connectivity index (χ2v) is 10.1. The summed E-state index contributed by atoms with van der Waals surface area (Å²) in [5.74, 6) is 0.798. The van der Waals surface area contributed by atoms with Crippen LogP contribution in [0.4, 0.5) is 18.9 Å². The number of benzene rings is 2. The van der Waals surface area contributed by atoms with Crippen molar-refractivity contribution in [2.45, 2.75) is 52.1 Å². The highest BCUT2D eigenvalue weighted by molar-refractivity contribution is 5.99. The molecule has 2 amide bonds. The number of nitrogens with zero attached hydrogens (tertiary/aromatic N) is 3. The number of carbonyl (C=O) groups is 2. The van der Waals surface area contributed by atoms with Crippen LogP contribution in [0.3, 0.4) is 0 Å². The zero-order valence-corrected chi connectivity index (χ0v) is 20.4. The SMILES string of the molecule is CCCc1nc2c(C)cc(C(=O)N3CCC4(CC3)CC(=O)N(c3ccc(C(F)(F)F)cc3)C4)cc2[nH]1. The quantitative estimate of drug-likeness (QED) is 0.516. The van der Waals surface area contributed by atoms with E-state index in [-0.39, 0.29) is 17.2 Å². The van der Waals surface area contributed by atoms with Crippen molar-refractivity contribution in [1.82, 2.24) is 14.9 Å². The molecule has 2 fully saturated rings. The lowest BCUT2D eigenvalue weighted by molar-refractivity contribution is -0.137. The Balaban J connectivity index is 1.27. The monoisotopic (exact) mass is 498 g/mol. The molecular formula is C27H29F3N4O2. The number of rotatable bonds is 4. The smallest absolute Gasteiger partial charge is 0.342 e. The van der Waals surface area contributed by atoms with Crippen molar-refractivity contribution in [1.29, 1.82) is 0 Å². The lowest BCUT2D eigenvalue weighted by Gasteiger charge is -2.38. The third kappa shape index (κ3) is 4.47. The molecule has 5 rings (SSSR count). The highest BCUT2D eigenvalue weighted by Crippen LogP contribution is 2.43. The first-order valence-corrected chi connectivity index (χ1v) is 12.3. The van der Waals surface area contributed by atoms with Crippen LogP contribution in [0.2, 0.25) is 0 Å². The molecule has 6 nitrogen and oxygen atoms in total. The number of nitrogens with one attached hydrogen (secondary N) is 1. The Morgan fingerprint density at radius 1 is 1.14 bits per heavy atom. The molecule has 2 aromatic carbocycles. The molecule has 2 aliphatic heterocycles. The van der Waals surface area contributed by atoms with Gasteiger partial charge in [0.25, 0.3) is 5.91 Å². The number of aromatic nitrogens is 2. The second kappa shape index (κ2) is 8.94. The van der Waals surface area contributed by atoms with E-state index in [0.29, 0.717) is 50.1 Å². The summed E-state index contributed by atoms with van der Waals surface area (Å²) in [6, 6.07) is 8.50. The van der Waals surface area contributed by atoms with E-state index in [1.807, 2.05) is 24.0 Å². The van der Waals surface area contributed by atoms with Crippen molar-refractivity contribution in [2.24, 2.45) is 5.41 Å². The standard InChI is InChI=1S/C27H29F3N4O2/c1-3-4-22-31-21-14-18(13-17(2)24(21)32-22)25(36)33-11-9-26(10-12-33)15-23(35)34(16-26)20-7-5-19(6-8-20)27(28,29)30/h5-8,13-14H,3-4,9-12,15-16H2,1-2H3,(H,31,32). The number of anilines is 1. The number of aryl methyl sites for hydroxylation is 2. The molecule has 36 heavy (non-hydrogen) atoms. The number of H-pyrrole nitrogens is 1. The summed E-state index contributed by atoms with van der Waals surface area (Å²) < 4.78 is 38.7. The maximum absolute atomic E-state index is 13.3. The molecule has 2 aliphatic rings. The molecule has 190 valence electrons. The number of hydrogen-bond donors (Lipinski definition) is 1. The van der Waals surface area contributed by atoms with Crippen LogP contribution in [0, 0.1) is 12.3 Å². The van der Waals surface area contributed by atoms with Gasteiger partial charge in [0.05, 0.1) is 16.6 Å². The number of hydrogen-bond acceptors (Lipinski definition) is 3. The van der Waals surface area contributed by atoms with Gasteiger partial charge in [0.2, 0.25) is 5.91 Å². The fourth-order valence-corrected chi connectivity index (χ4v) is 5.48. The normalized spacial score (nSPS) is 18.0. The summed E-state index contributed by atoms with van der Waals surface area (Å²) in [7, 11) is 0. The Kier molecular flexibility index (Phi) is 6.04. The predicted octanol–water partition coefficient (Wildman–Crippen LogP) is 5.50. The second-order valence-electron chi connectivity index (χ2n) is 10.1. The van der Waals surface area contributed by atoms with E-state index in [9.17, 15) is 22.8 Å². The fraction of sp³-hybridized carbons (Fsp3) is 0.444. The molecule has 1 spiro atoms. The van der Waals surface area contributed by atoms with E-state index in [1.165, 1.54) is 12.1 Å². The molecule has 3 heterocycles. The van der Waals surface area contributed by atoms with Crippen LogP contribution in [0.25, 0.3) is 11.0 Å². The van der Waals surface area contributed by atoms with E-state index in [1.54, 1.807) is 4.90 Å². The summed E-state index contributed by atoms with van der Waals surface area (Å²) >= 11 is 0. The number of aromatic amines is 1. The molecule has 0 radical (unpaired) electrons. The Labute approximate surface area is 207 Å². The van der Waals surface area contributed by atoms with E-state index in [2.05, 4.69) is 16.9 Å². The Morgan fingerprint density at radius 2 is 1.83 bits per heavy atom. The van der Waals surface area contributed by atoms with Crippen LogP contribution in [0.1, 0.15) is 59.9 Å². The van der Waals surface area contributed by atoms with Crippen molar-refractivity contribution in [3.63, 3.8) is 0 Å². The molecule has 0 unspecified atom stereocenters. The predicted molar refractivity (Wildman–Crippen MR) is 131 cm³/mol. The summed E-state index contributed by atoms with van der Waals surface area (Å²) in [6.45, 7) is 5.58. The molecule has 2 saturated heterocycles. The minimum Gasteiger partial charge on any atom is -0.342 e. The first kappa shape index (κ1) is 24.3. The minimum absolute atomic E-state index is 0.0367. The average Bonchev–Trinajstić information content (AvgIpc) is 3.39.